The predicted octanol–water partition coefficient (Wildman–Crippen LogP) is 3.26. The molecule has 0 bridgehead atoms. The second-order valence-corrected chi connectivity index (χ2v) is 7.80. The molecule has 2 heterocycles. The summed E-state index contributed by atoms with van der Waals surface area (Å²) >= 11 is 0. The van der Waals surface area contributed by atoms with Gasteiger partial charge in [-0.1, -0.05) is 40.0 Å². The summed E-state index contributed by atoms with van der Waals surface area (Å²) in [5.41, 5.74) is -0.124. The monoisotopic (exact) mass is 305 g/mol. The lowest BCUT2D eigenvalue weighted by atomic mass is 9.88. The number of hydrogen-bond donors (Lipinski definition) is 0. The summed E-state index contributed by atoms with van der Waals surface area (Å²) in [6, 6.07) is 0. The Morgan fingerprint density at radius 2 is 1.86 bits per heavy atom. The fourth-order valence-electron chi connectivity index (χ4n) is 3.47. The minimum atomic E-state index is -0.124. The zero-order valence-corrected chi connectivity index (χ0v) is 14.0. The molecule has 1 saturated heterocycles. The van der Waals surface area contributed by atoms with Crippen LogP contribution in [0.15, 0.2) is 4.42 Å². The molecule has 5 nitrogen and oxygen atoms in total. The van der Waals surface area contributed by atoms with E-state index >= 15 is 0 Å². The maximum atomic E-state index is 12.6. The molecule has 22 heavy (non-hydrogen) atoms. The van der Waals surface area contributed by atoms with Crippen LogP contribution in [0.4, 0.5) is 0 Å². The topological polar surface area (TPSA) is 59.2 Å². The van der Waals surface area contributed by atoms with Crippen molar-refractivity contribution in [2.24, 2.45) is 5.92 Å². The van der Waals surface area contributed by atoms with Crippen LogP contribution in [0.1, 0.15) is 77.0 Å². The van der Waals surface area contributed by atoms with Crippen LogP contribution in [0, 0.1) is 5.92 Å². The Morgan fingerprint density at radius 1 is 1.14 bits per heavy atom. The Balaban J connectivity index is 1.62. The standard InChI is InChI=1S/C17H27N3O2/c1-17(2,3)16-19-18-14(22-16)13-9-10-20(11-13)15(21)12-7-5-4-6-8-12/h12-13H,4-11H2,1-3H3. The number of hydrogen-bond acceptors (Lipinski definition) is 4. The van der Waals surface area contributed by atoms with E-state index in [0.29, 0.717) is 17.7 Å². The van der Waals surface area contributed by atoms with Crippen LogP contribution < -0.4 is 0 Å². The molecule has 0 aromatic carbocycles. The molecule has 0 radical (unpaired) electrons. The van der Waals surface area contributed by atoms with Gasteiger partial charge in [0.05, 0.1) is 5.92 Å². The summed E-state index contributed by atoms with van der Waals surface area (Å²) in [6.07, 6.45) is 6.75. The average Bonchev–Trinajstić information content (AvgIpc) is 3.15. The number of likely N-dealkylation sites (tertiary alicyclic amines) is 1. The first kappa shape index (κ1) is 15.5. The zero-order valence-electron chi connectivity index (χ0n) is 14.0. The Labute approximate surface area is 132 Å². The summed E-state index contributed by atoms with van der Waals surface area (Å²) < 4.78 is 5.85. The molecule has 0 N–H and O–H groups in total. The largest absolute Gasteiger partial charge is 0.424 e. The van der Waals surface area contributed by atoms with Crippen LogP contribution >= 0.6 is 0 Å². The van der Waals surface area contributed by atoms with E-state index in [1.54, 1.807) is 0 Å². The SMILES string of the molecule is CC(C)(C)c1nnc(C2CCN(C(=O)C3CCCCC3)C2)o1. The van der Waals surface area contributed by atoms with Gasteiger partial charge in [0, 0.05) is 24.4 Å². The minimum Gasteiger partial charge on any atom is -0.424 e. The van der Waals surface area contributed by atoms with Crippen molar-refractivity contribution < 1.29 is 9.21 Å². The van der Waals surface area contributed by atoms with Gasteiger partial charge >= 0.3 is 0 Å². The molecule has 1 atom stereocenters. The fraction of sp³-hybridized carbons (Fsp3) is 0.824. The van der Waals surface area contributed by atoms with Crippen LogP contribution in [-0.4, -0.2) is 34.1 Å². The smallest absolute Gasteiger partial charge is 0.225 e. The predicted molar refractivity (Wildman–Crippen MR) is 83.5 cm³/mol. The molecule has 1 aliphatic heterocycles. The lowest BCUT2D eigenvalue weighted by Gasteiger charge is -2.26. The van der Waals surface area contributed by atoms with Gasteiger partial charge < -0.3 is 9.32 Å². The Bertz CT molecular complexity index is 526. The van der Waals surface area contributed by atoms with E-state index in [9.17, 15) is 4.79 Å². The van der Waals surface area contributed by atoms with Crippen LogP contribution in [0.25, 0.3) is 0 Å². The Morgan fingerprint density at radius 3 is 2.50 bits per heavy atom. The van der Waals surface area contributed by atoms with Crippen molar-refractivity contribution in [1.82, 2.24) is 15.1 Å². The third-order valence-corrected chi connectivity index (χ3v) is 4.89. The zero-order chi connectivity index (χ0) is 15.7. The molecule has 5 heteroatoms. The average molecular weight is 305 g/mol. The molecular formula is C17H27N3O2. The van der Waals surface area contributed by atoms with E-state index < -0.39 is 0 Å². The Kier molecular flexibility index (Phi) is 4.24. The van der Waals surface area contributed by atoms with Gasteiger partial charge in [-0.15, -0.1) is 10.2 Å². The number of rotatable bonds is 2. The van der Waals surface area contributed by atoms with Crippen LogP contribution in [0.3, 0.4) is 0 Å². The highest BCUT2D eigenvalue weighted by Crippen LogP contribution is 2.32. The van der Waals surface area contributed by atoms with Gasteiger partial charge in [-0.2, -0.15) is 0 Å². The van der Waals surface area contributed by atoms with Gasteiger partial charge in [-0.05, 0) is 19.3 Å². The molecule has 122 valence electrons. The van der Waals surface area contributed by atoms with Crippen molar-refractivity contribution in [2.75, 3.05) is 13.1 Å². The lowest BCUT2D eigenvalue weighted by molar-refractivity contribution is -0.135. The normalized spacial score (nSPS) is 24.0. The van der Waals surface area contributed by atoms with Gasteiger partial charge in [-0.25, -0.2) is 0 Å². The summed E-state index contributed by atoms with van der Waals surface area (Å²) in [4.78, 5) is 14.6. The van der Waals surface area contributed by atoms with Crippen molar-refractivity contribution in [3.05, 3.63) is 11.8 Å². The first-order chi connectivity index (χ1) is 10.4. The highest BCUT2D eigenvalue weighted by Gasteiger charge is 2.35. The first-order valence-electron chi connectivity index (χ1n) is 8.58. The van der Waals surface area contributed by atoms with E-state index in [-0.39, 0.29) is 17.3 Å². The number of amides is 1. The van der Waals surface area contributed by atoms with Crippen molar-refractivity contribution in [2.45, 2.75) is 70.6 Å². The third-order valence-electron chi connectivity index (χ3n) is 4.89. The summed E-state index contributed by atoms with van der Waals surface area (Å²) in [5, 5.41) is 8.39. The van der Waals surface area contributed by atoms with Crippen LogP contribution in [-0.2, 0) is 10.2 Å². The molecule has 1 unspecified atom stereocenters. The van der Waals surface area contributed by atoms with Gasteiger partial charge in [-0.3, -0.25) is 4.79 Å². The van der Waals surface area contributed by atoms with Crippen molar-refractivity contribution in [3.63, 3.8) is 0 Å². The molecule has 2 fully saturated rings. The highest BCUT2D eigenvalue weighted by molar-refractivity contribution is 5.79. The molecule has 1 aromatic rings. The van der Waals surface area contributed by atoms with Crippen molar-refractivity contribution in [3.8, 4) is 0 Å². The second-order valence-electron chi connectivity index (χ2n) is 7.80. The quantitative estimate of drug-likeness (QED) is 0.841. The van der Waals surface area contributed by atoms with Gasteiger partial charge in [0.25, 0.3) is 0 Å². The first-order valence-corrected chi connectivity index (χ1v) is 8.58. The van der Waals surface area contributed by atoms with E-state index in [1.165, 1.54) is 19.3 Å². The summed E-state index contributed by atoms with van der Waals surface area (Å²) in [7, 11) is 0. The molecule has 1 aromatic heterocycles. The second kappa shape index (κ2) is 6.01. The fourth-order valence-corrected chi connectivity index (χ4v) is 3.47. The van der Waals surface area contributed by atoms with Crippen LogP contribution in [0.5, 0.6) is 0 Å². The number of carbonyl (C=O) groups is 1. The molecule has 3 rings (SSSR count). The van der Waals surface area contributed by atoms with E-state index in [1.807, 2.05) is 4.90 Å². The molecule has 2 aliphatic rings. The maximum Gasteiger partial charge on any atom is 0.225 e. The van der Waals surface area contributed by atoms with E-state index in [0.717, 1.165) is 32.4 Å². The number of aromatic nitrogens is 2. The Hall–Kier alpha value is -1.39. The molecular weight excluding hydrogens is 278 g/mol. The lowest BCUT2D eigenvalue weighted by Crippen LogP contribution is -2.35. The van der Waals surface area contributed by atoms with Gasteiger partial charge in [0.1, 0.15) is 0 Å². The third kappa shape index (κ3) is 3.18. The van der Waals surface area contributed by atoms with Gasteiger partial charge in [0.2, 0.25) is 17.7 Å². The van der Waals surface area contributed by atoms with E-state index in [2.05, 4.69) is 31.0 Å². The van der Waals surface area contributed by atoms with Gasteiger partial charge in [0.15, 0.2) is 0 Å². The molecule has 1 amide bonds. The minimum absolute atomic E-state index is 0.124. The summed E-state index contributed by atoms with van der Waals surface area (Å²) in [5.74, 6) is 2.18. The highest BCUT2D eigenvalue weighted by atomic mass is 16.4. The van der Waals surface area contributed by atoms with Crippen molar-refractivity contribution in [1.29, 1.82) is 0 Å². The summed E-state index contributed by atoms with van der Waals surface area (Å²) in [6.45, 7) is 7.77. The number of nitrogens with zero attached hydrogens (tertiary/aromatic N) is 3. The number of carbonyl (C=O) groups excluding carboxylic acids is 1. The molecule has 1 aliphatic carbocycles. The molecule has 0 spiro atoms. The van der Waals surface area contributed by atoms with E-state index in [4.69, 9.17) is 4.42 Å². The van der Waals surface area contributed by atoms with Crippen LogP contribution in [0.2, 0.25) is 0 Å². The molecule has 1 saturated carbocycles. The maximum absolute atomic E-state index is 12.6. The van der Waals surface area contributed by atoms with Crippen molar-refractivity contribution >= 4 is 5.91 Å².